The molecule has 1 heterocycles. The molecule has 0 aliphatic rings. The normalized spacial score (nSPS) is 9.81. The molecule has 10 heteroatoms. The fourth-order valence-corrected chi connectivity index (χ4v) is 2.10. The van der Waals surface area contributed by atoms with Gasteiger partial charge in [0.15, 0.2) is 0 Å². The van der Waals surface area contributed by atoms with Gasteiger partial charge in [0.05, 0.1) is 18.4 Å². The number of hydrogen-bond acceptors (Lipinski definition) is 6. The Morgan fingerprint density at radius 3 is 2.63 bits per heavy atom. The average Bonchev–Trinajstić information content (AvgIpc) is 2.64. The van der Waals surface area contributed by atoms with Crippen molar-refractivity contribution in [1.29, 1.82) is 5.26 Å². The number of amides is 3. The summed E-state index contributed by atoms with van der Waals surface area (Å²) in [5, 5.41) is 13.0. The van der Waals surface area contributed by atoms with Crippen LogP contribution >= 0.6 is 0 Å². The number of nitrogens with zero attached hydrogens (tertiary/aromatic N) is 2. The SMILES string of the molecule is COC(=O)c1cc(C#N)c(=O)n(CC(=O)NC(=O)Nc2ccccc2F)c1. The van der Waals surface area contributed by atoms with Crippen LogP contribution in [0.15, 0.2) is 41.3 Å². The maximum Gasteiger partial charge on any atom is 0.339 e. The first kappa shape index (κ1) is 19.3. The summed E-state index contributed by atoms with van der Waals surface area (Å²) in [4.78, 5) is 47.4. The van der Waals surface area contributed by atoms with Crippen LogP contribution in [0.3, 0.4) is 0 Å². The summed E-state index contributed by atoms with van der Waals surface area (Å²) in [5.41, 5.74) is -1.45. The number of pyridine rings is 1. The summed E-state index contributed by atoms with van der Waals surface area (Å²) in [6, 6.07) is 6.97. The number of hydrogen-bond donors (Lipinski definition) is 2. The molecule has 0 atom stereocenters. The summed E-state index contributed by atoms with van der Waals surface area (Å²) >= 11 is 0. The minimum Gasteiger partial charge on any atom is -0.465 e. The van der Waals surface area contributed by atoms with Crippen molar-refractivity contribution in [3.8, 4) is 6.07 Å². The van der Waals surface area contributed by atoms with Crippen LogP contribution in [-0.2, 0) is 16.1 Å². The summed E-state index contributed by atoms with van der Waals surface area (Å²) in [5.74, 6) is -2.42. The molecule has 1 aromatic carbocycles. The zero-order chi connectivity index (χ0) is 20.0. The predicted octanol–water partition coefficient (Wildman–Crippen LogP) is 0.994. The molecule has 2 rings (SSSR count). The number of imide groups is 1. The van der Waals surface area contributed by atoms with Crippen LogP contribution in [0.4, 0.5) is 14.9 Å². The number of nitrogens with one attached hydrogen (secondary N) is 2. The quantitative estimate of drug-likeness (QED) is 0.770. The largest absolute Gasteiger partial charge is 0.465 e. The Balaban J connectivity index is 2.14. The molecule has 0 aliphatic carbocycles. The van der Waals surface area contributed by atoms with Crippen molar-refractivity contribution in [2.24, 2.45) is 0 Å². The van der Waals surface area contributed by atoms with Crippen molar-refractivity contribution >= 4 is 23.6 Å². The maximum absolute atomic E-state index is 13.5. The van der Waals surface area contributed by atoms with E-state index in [1.165, 1.54) is 18.2 Å². The summed E-state index contributed by atoms with van der Waals surface area (Å²) in [7, 11) is 1.11. The number of aromatic nitrogens is 1. The highest BCUT2D eigenvalue weighted by atomic mass is 19.1. The number of ether oxygens (including phenoxy) is 1. The van der Waals surface area contributed by atoms with E-state index < -0.39 is 35.8 Å². The van der Waals surface area contributed by atoms with Crippen LogP contribution in [-0.4, -0.2) is 29.6 Å². The van der Waals surface area contributed by atoms with Gasteiger partial charge in [-0.05, 0) is 18.2 Å². The van der Waals surface area contributed by atoms with Crippen molar-refractivity contribution in [3.05, 3.63) is 63.8 Å². The summed E-state index contributed by atoms with van der Waals surface area (Å²) in [6.07, 6.45) is 1.03. The molecular weight excluding hydrogens is 359 g/mol. The lowest BCUT2D eigenvalue weighted by molar-refractivity contribution is -0.120. The van der Waals surface area contributed by atoms with E-state index in [2.05, 4.69) is 10.1 Å². The molecule has 0 saturated carbocycles. The van der Waals surface area contributed by atoms with E-state index >= 15 is 0 Å². The number of benzene rings is 1. The minimum absolute atomic E-state index is 0.114. The number of carbonyl (C=O) groups is 3. The number of esters is 1. The van der Waals surface area contributed by atoms with E-state index in [1.54, 1.807) is 6.07 Å². The smallest absolute Gasteiger partial charge is 0.339 e. The molecule has 138 valence electrons. The van der Waals surface area contributed by atoms with Crippen molar-refractivity contribution in [1.82, 2.24) is 9.88 Å². The van der Waals surface area contributed by atoms with Gasteiger partial charge in [0.25, 0.3) is 5.56 Å². The number of carbonyl (C=O) groups excluding carboxylic acids is 3. The van der Waals surface area contributed by atoms with E-state index in [-0.39, 0.29) is 16.8 Å². The molecule has 0 saturated heterocycles. The highest BCUT2D eigenvalue weighted by Gasteiger charge is 2.16. The number of methoxy groups -OCH3 is 1. The molecule has 2 N–H and O–H groups in total. The van der Waals surface area contributed by atoms with E-state index in [4.69, 9.17) is 5.26 Å². The van der Waals surface area contributed by atoms with E-state index in [1.807, 2.05) is 5.32 Å². The van der Waals surface area contributed by atoms with Crippen LogP contribution in [0.25, 0.3) is 0 Å². The maximum atomic E-state index is 13.5. The number of urea groups is 1. The molecule has 9 nitrogen and oxygen atoms in total. The molecule has 3 amide bonds. The molecule has 0 spiro atoms. The first-order valence-electron chi connectivity index (χ1n) is 7.44. The van der Waals surface area contributed by atoms with Crippen LogP contribution in [0.1, 0.15) is 15.9 Å². The van der Waals surface area contributed by atoms with Crippen LogP contribution in [0.5, 0.6) is 0 Å². The fraction of sp³-hybridized carbons (Fsp3) is 0.118. The van der Waals surface area contributed by atoms with Crippen molar-refractivity contribution in [2.45, 2.75) is 6.54 Å². The van der Waals surface area contributed by atoms with Gasteiger partial charge in [-0.3, -0.25) is 14.9 Å². The summed E-state index contributed by atoms with van der Waals surface area (Å²) < 4.78 is 18.8. The molecule has 0 radical (unpaired) electrons. The predicted molar refractivity (Wildman–Crippen MR) is 90.3 cm³/mol. The Kier molecular flexibility index (Phi) is 6.01. The Morgan fingerprint density at radius 2 is 2.00 bits per heavy atom. The molecular formula is C17H13FN4O5. The van der Waals surface area contributed by atoms with Gasteiger partial charge in [0, 0.05) is 6.20 Å². The topological polar surface area (TPSA) is 130 Å². The van der Waals surface area contributed by atoms with E-state index in [0.29, 0.717) is 0 Å². The first-order chi connectivity index (χ1) is 12.8. The van der Waals surface area contributed by atoms with Crippen LogP contribution < -0.4 is 16.2 Å². The third-order valence-electron chi connectivity index (χ3n) is 3.32. The standard InChI is InChI=1S/C17H13FN4O5/c1-27-16(25)11-6-10(7-19)15(24)22(8-11)9-14(23)21-17(26)20-13-5-3-2-4-12(13)18/h2-6,8H,9H2,1H3,(H2,20,21,23,26). The number of anilines is 1. The van der Waals surface area contributed by atoms with Gasteiger partial charge >= 0.3 is 12.0 Å². The lowest BCUT2D eigenvalue weighted by Gasteiger charge is -2.10. The van der Waals surface area contributed by atoms with Gasteiger partial charge in [-0.2, -0.15) is 5.26 Å². The van der Waals surface area contributed by atoms with Crippen molar-refractivity contribution in [2.75, 3.05) is 12.4 Å². The van der Waals surface area contributed by atoms with Crippen LogP contribution in [0.2, 0.25) is 0 Å². The second kappa shape index (κ2) is 8.39. The lowest BCUT2D eigenvalue weighted by atomic mass is 10.2. The second-order valence-electron chi connectivity index (χ2n) is 5.16. The van der Waals surface area contributed by atoms with Crippen LogP contribution in [0, 0.1) is 17.1 Å². The van der Waals surface area contributed by atoms with Gasteiger partial charge in [0.1, 0.15) is 24.0 Å². The van der Waals surface area contributed by atoms with Gasteiger partial charge in [-0.25, -0.2) is 14.0 Å². The summed E-state index contributed by atoms with van der Waals surface area (Å²) in [6.45, 7) is -0.650. The number of halogens is 1. The first-order valence-corrected chi connectivity index (χ1v) is 7.44. The Morgan fingerprint density at radius 1 is 1.30 bits per heavy atom. The van der Waals surface area contributed by atoms with Crippen molar-refractivity contribution in [3.63, 3.8) is 0 Å². The van der Waals surface area contributed by atoms with E-state index in [9.17, 15) is 23.6 Å². The van der Waals surface area contributed by atoms with E-state index in [0.717, 1.165) is 30.0 Å². The lowest BCUT2D eigenvalue weighted by Crippen LogP contribution is -2.39. The number of para-hydroxylation sites is 1. The fourth-order valence-electron chi connectivity index (χ4n) is 2.10. The Bertz CT molecular complexity index is 1010. The average molecular weight is 372 g/mol. The van der Waals surface area contributed by atoms with Gasteiger partial charge in [-0.1, -0.05) is 12.1 Å². The monoisotopic (exact) mass is 372 g/mol. The second-order valence-corrected chi connectivity index (χ2v) is 5.16. The zero-order valence-electron chi connectivity index (χ0n) is 14.0. The number of rotatable bonds is 4. The highest BCUT2D eigenvalue weighted by Crippen LogP contribution is 2.11. The highest BCUT2D eigenvalue weighted by molar-refractivity contribution is 6.01. The van der Waals surface area contributed by atoms with Gasteiger partial charge < -0.3 is 14.6 Å². The molecule has 0 aliphatic heterocycles. The third kappa shape index (κ3) is 4.76. The minimum atomic E-state index is -1.01. The number of nitriles is 1. The molecule has 27 heavy (non-hydrogen) atoms. The van der Waals surface area contributed by atoms with Gasteiger partial charge in [0.2, 0.25) is 5.91 Å². The zero-order valence-corrected chi connectivity index (χ0v) is 14.0. The molecule has 1 aromatic heterocycles. The molecule has 0 unspecified atom stereocenters. The molecule has 2 aromatic rings. The van der Waals surface area contributed by atoms with Gasteiger partial charge in [-0.15, -0.1) is 0 Å². The molecule has 0 fully saturated rings. The Hall–Kier alpha value is -4.00. The Labute approximate surface area is 152 Å². The third-order valence-corrected chi connectivity index (χ3v) is 3.32. The van der Waals surface area contributed by atoms with Crippen molar-refractivity contribution < 1.29 is 23.5 Å². The molecule has 0 bridgehead atoms.